The Morgan fingerprint density at radius 2 is 1.91 bits per heavy atom. The maximum absolute atomic E-state index is 11.2. The van der Waals surface area contributed by atoms with Gasteiger partial charge in [-0.3, -0.25) is 0 Å². The first-order valence-electron chi connectivity index (χ1n) is 9.51. The number of rotatable bonds is 2. The summed E-state index contributed by atoms with van der Waals surface area (Å²) >= 11 is 0. The van der Waals surface area contributed by atoms with Crippen molar-refractivity contribution in [2.24, 2.45) is 34.0 Å². The van der Waals surface area contributed by atoms with Crippen molar-refractivity contribution in [1.29, 1.82) is 0 Å². The van der Waals surface area contributed by atoms with Gasteiger partial charge in [0.2, 0.25) is 0 Å². The minimum absolute atomic E-state index is 0.0471. The van der Waals surface area contributed by atoms with Crippen LogP contribution in [-0.4, -0.2) is 34.6 Å². The molecule has 130 valence electrons. The van der Waals surface area contributed by atoms with Crippen molar-refractivity contribution >= 4 is 0 Å². The summed E-state index contributed by atoms with van der Waals surface area (Å²) in [5.74, 6) is 1.39. The molecule has 0 saturated heterocycles. The summed E-state index contributed by atoms with van der Waals surface area (Å²) in [6, 6.07) is 0. The van der Waals surface area contributed by atoms with E-state index in [1.807, 2.05) is 0 Å². The normalized spacial score (nSPS) is 55.1. The van der Waals surface area contributed by atoms with E-state index < -0.39 is 0 Å². The average Bonchev–Trinajstić information content (AvgIpc) is 2.82. The molecule has 0 aliphatic heterocycles. The highest BCUT2D eigenvalue weighted by molar-refractivity contribution is 5.30. The lowest BCUT2D eigenvalue weighted by Crippen LogP contribution is -2.61. The molecule has 4 rings (SSSR count). The SMILES string of the molecule is C[C@]1(CO)CCC[C@]2(C)[C@@H]1C[C@@H](O)[C@]13C=C(CO)[C@H](CC[C@@H]21)C3. The summed E-state index contributed by atoms with van der Waals surface area (Å²) in [6.45, 7) is 5.06. The largest absolute Gasteiger partial charge is 0.396 e. The molecule has 0 heterocycles. The van der Waals surface area contributed by atoms with Crippen LogP contribution in [0.1, 0.15) is 58.8 Å². The molecular weight excluding hydrogens is 288 g/mol. The second-order valence-electron chi connectivity index (χ2n) is 9.50. The number of hydrogen-bond donors (Lipinski definition) is 3. The Hall–Kier alpha value is -0.380. The first-order chi connectivity index (χ1) is 10.9. The number of hydrogen-bond acceptors (Lipinski definition) is 3. The Balaban J connectivity index is 1.78. The smallest absolute Gasteiger partial charge is 0.0644 e. The molecule has 3 fully saturated rings. The van der Waals surface area contributed by atoms with E-state index in [-0.39, 0.29) is 35.6 Å². The molecule has 2 bridgehead atoms. The topological polar surface area (TPSA) is 60.7 Å². The highest BCUT2D eigenvalue weighted by atomic mass is 16.3. The van der Waals surface area contributed by atoms with Gasteiger partial charge in [-0.2, -0.15) is 0 Å². The fourth-order valence-electron chi connectivity index (χ4n) is 7.45. The zero-order chi connectivity index (χ0) is 16.5. The van der Waals surface area contributed by atoms with E-state index >= 15 is 0 Å². The van der Waals surface area contributed by atoms with Crippen LogP contribution >= 0.6 is 0 Å². The molecule has 0 amide bonds. The van der Waals surface area contributed by atoms with Crippen molar-refractivity contribution in [3.8, 4) is 0 Å². The molecule has 3 nitrogen and oxygen atoms in total. The van der Waals surface area contributed by atoms with E-state index in [0.717, 1.165) is 32.1 Å². The van der Waals surface area contributed by atoms with E-state index in [2.05, 4.69) is 19.9 Å². The maximum Gasteiger partial charge on any atom is 0.0644 e. The lowest BCUT2D eigenvalue weighted by molar-refractivity contribution is -0.193. The van der Waals surface area contributed by atoms with Crippen LogP contribution in [0, 0.1) is 34.0 Å². The Labute approximate surface area is 139 Å². The first kappa shape index (κ1) is 16.1. The van der Waals surface area contributed by atoms with Crippen LogP contribution in [0.15, 0.2) is 11.6 Å². The lowest BCUT2D eigenvalue weighted by atomic mass is 9.40. The molecule has 0 unspecified atom stereocenters. The zero-order valence-corrected chi connectivity index (χ0v) is 14.6. The van der Waals surface area contributed by atoms with Gasteiger partial charge in [-0.15, -0.1) is 0 Å². The van der Waals surface area contributed by atoms with Gasteiger partial charge in [-0.1, -0.05) is 26.3 Å². The number of fused-ring (bicyclic) bond motifs is 3. The van der Waals surface area contributed by atoms with Crippen LogP contribution in [0.3, 0.4) is 0 Å². The Morgan fingerprint density at radius 3 is 2.61 bits per heavy atom. The summed E-state index contributed by atoms with van der Waals surface area (Å²) in [7, 11) is 0. The summed E-state index contributed by atoms with van der Waals surface area (Å²) in [6.07, 6.45) is 9.62. The Kier molecular flexibility index (Phi) is 3.54. The minimum Gasteiger partial charge on any atom is -0.396 e. The first-order valence-corrected chi connectivity index (χ1v) is 9.51. The minimum atomic E-state index is -0.318. The molecule has 1 spiro atoms. The number of aliphatic hydroxyl groups is 3. The summed E-state index contributed by atoms with van der Waals surface area (Å²) in [4.78, 5) is 0. The van der Waals surface area contributed by atoms with E-state index in [1.54, 1.807) is 0 Å². The van der Waals surface area contributed by atoms with E-state index in [9.17, 15) is 15.3 Å². The predicted octanol–water partition coefficient (Wildman–Crippen LogP) is 2.89. The van der Waals surface area contributed by atoms with Crippen molar-refractivity contribution in [3.63, 3.8) is 0 Å². The van der Waals surface area contributed by atoms with Gasteiger partial charge < -0.3 is 15.3 Å². The van der Waals surface area contributed by atoms with E-state index in [1.165, 1.54) is 18.4 Å². The van der Waals surface area contributed by atoms with Crippen molar-refractivity contribution in [1.82, 2.24) is 0 Å². The highest BCUT2D eigenvalue weighted by Gasteiger charge is 2.65. The zero-order valence-electron chi connectivity index (χ0n) is 14.6. The molecule has 4 aliphatic rings. The van der Waals surface area contributed by atoms with Gasteiger partial charge in [-0.25, -0.2) is 0 Å². The van der Waals surface area contributed by atoms with Crippen molar-refractivity contribution in [2.75, 3.05) is 13.2 Å². The van der Waals surface area contributed by atoms with Gasteiger partial charge in [0.25, 0.3) is 0 Å². The third-order valence-corrected chi connectivity index (χ3v) is 8.55. The standard InChI is InChI=1S/C20H32O3/c1-18(12-22)6-3-7-19(2)15-5-4-13-9-20(15,10-14(13)11-21)17(23)8-16(18)19/h10,13,15-17,21-23H,3-9,11-12H2,1-2H3/t13-,15+,16-,17-,18-,19+,20-/m1/s1. The van der Waals surface area contributed by atoms with Crippen molar-refractivity contribution in [2.45, 2.75) is 64.9 Å². The molecule has 3 N–H and O–H groups in total. The van der Waals surface area contributed by atoms with E-state index in [4.69, 9.17) is 0 Å². The van der Waals surface area contributed by atoms with Crippen molar-refractivity contribution < 1.29 is 15.3 Å². The average molecular weight is 320 g/mol. The Bertz CT molecular complexity index is 529. The fourth-order valence-corrected chi connectivity index (χ4v) is 7.45. The molecular formula is C20H32O3. The Morgan fingerprint density at radius 1 is 1.13 bits per heavy atom. The van der Waals surface area contributed by atoms with Gasteiger partial charge in [0, 0.05) is 12.0 Å². The van der Waals surface area contributed by atoms with Crippen LogP contribution in [0.4, 0.5) is 0 Å². The van der Waals surface area contributed by atoms with Gasteiger partial charge >= 0.3 is 0 Å². The predicted molar refractivity (Wildman–Crippen MR) is 89.7 cm³/mol. The van der Waals surface area contributed by atoms with Crippen LogP contribution < -0.4 is 0 Å². The third-order valence-electron chi connectivity index (χ3n) is 8.55. The van der Waals surface area contributed by atoms with Gasteiger partial charge in [0.1, 0.15) is 0 Å². The molecule has 3 heteroatoms. The van der Waals surface area contributed by atoms with Gasteiger partial charge in [0.05, 0.1) is 12.7 Å². The molecule has 0 aromatic heterocycles. The lowest BCUT2D eigenvalue weighted by Gasteiger charge is -2.65. The second kappa shape index (κ2) is 5.06. The molecule has 0 aromatic carbocycles. The monoisotopic (exact) mass is 320 g/mol. The number of aliphatic hydroxyl groups excluding tert-OH is 3. The molecule has 23 heavy (non-hydrogen) atoms. The quantitative estimate of drug-likeness (QED) is 0.686. The summed E-state index contributed by atoms with van der Waals surface area (Å²) in [5, 5.41) is 31.0. The molecule has 7 atom stereocenters. The maximum atomic E-state index is 11.2. The van der Waals surface area contributed by atoms with Gasteiger partial charge in [0.15, 0.2) is 0 Å². The van der Waals surface area contributed by atoms with Gasteiger partial charge in [-0.05, 0) is 72.7 Å². The fraction of sp³-hybridized carbons (Fsp3) is 0.900. The van der Waals surface area contributed by atoms with Crippen LogP contribution in [0.2, 0.25) is 0 Å². The van der Waals surface area contributed by atoms with E-state index in [0.29, 0.717) is 17.8 Å². The summed E-state index contributed by atoms with van der Waals surface area (Å²) < 4.78 is 0. The van der Waals surface area contributed by atoms with Crippen LogP contribution in [0.25, 0.3) is 0 Å². The van der Waals surface area contributed by atoms with Crippen molar-refractivity contribution in [3.05, 3.63) is 11.6 Å². The molecule has 4 aliphatic carbocycles. The molecule has 0 aromatic rings. The molecule has 0 radical (unpaired) electrons. The second-order valence-corrected chi connectivity index (χ2v) is 9.50. The van der Waals surface area contributed by atoms with Crippen LogP contribution in [-0.2, 0) is 0 Å². The summed E-state index contributed by atoms with van der Waals surface area (Å²) in [5.41, 5.74) is 1.23. The highest BCUT2D eigenvalue weighted by Crippen LogP contribution is 2.70. The molecule has 3 saturated carbocycles. The van der Waals surface area contributed by atoms with Crippen LogP contribution in [0.5, 0.6) is 0 Å². The third kappa shape index (κ3) is 1.93.